The first-order valence-electron chi connectivity index (χ1n) is 5.92. The number of aliphatic hydroxyl groups is 1. The summed E-state index contributed by atoms with van der Waals surface area (Å²) < 4.78 is 1.82. The van der Waals surface area contributed by atoms with Crippen LogP contribution >= 0.6 is 11.3 Å². The lowest BCUT2D eigenvalue weighted by Crippen LogP contribution is -2.10. The van der Waals surface area contributed by atoms with Gasteiger partial charge in [-0.1, -0.05) is 0 Å². The molecule has 2 aromatic heterocycles. The summed E-state index contributed by atoms with van der Waals surface area (Å²) in [5, 5.41) is 17.9. The Hall–Kier alpha value is -1.40. The van der Waals surface area contributed by atoms with Gasteiger partial charge in [-0.3, -0.25) is 0 Å². The highest BCUT2D eigenvalue weighted by Gasteiger charge is 2.11. The molecule has 0 aliphatic heterocycles. The Morgan fingerprint density at radius 2 is 2.17 bits per heavy atom. The molecule has 0 saturated heterocycles. The number of nitrogens with one attached hydrogen (secondary N) is 1. The van der Waals surface area contributed by atoms with Crippen molar-refractivity contribution in [1.82, 2.24) is 14.8 Å². The molecule has 2 rings (SSSR count). The quantitative estimate of drug-likeness (QED) is 0.867. The molecule has 0 aliphatic rings. The van der Waals surface area contributed by atoms with Gasteiger partial charge in [0, 0.05) is 16.6 Å². The van der Waals surface area contributed by atoms with Gasteiger partial charge in [-0.25, -0.2) is 9.67 Å². The smallest absolute Gasteiger partial charge is 0.127 e. The highest BCUT2D eigenvalue weighted by atomic mass is 32.1. The van der Waals surface area contributed by atoms with Crippen molar-refractivity contribution in [2.75, 3.05) is 11.9 Å². The minimum Gasteiger partial charge on any atom is -0.394 e. The van der Waals surface area contributed by atoms with E-state index in [9.17, 15) is 0 Å². The minimum absolute atomic E-state index is 0.0922. The minimum atomic E-state index is 0.0922. The van der Waals surface area contributed by atoms with Crippen LogP contribution in [-0.2, 0) is 13.1 Å². The maximum absolute atomic E-state index is 9.04. The van der Waals surface area contributed by atoms with Crippen LogP contribution in [0.2, 0.25) is 0 Å². The van der Waals surface area contributed by atoms with E-state index >= 15 is 0 Å². The number of rotatable bonds is 5. The van der Waals surface area contributed by atoms with E-state index in [0.717, 1.165) is 28.6 Å². The van der Waals surface area contributed by atoms with Crippen LogP contribution in [0.5, 0.6) is 0 Å². The summed E-state index contributed by atoms with van der Waals surface area (Å²) in [5.74, 6) is 0.979. The molecule has 2 aromatic rings. The Morgan fingerprint density at radius 1 is 1.39 bits per heavy atom. The summed E-state index contributed by atoms with van der Waals surface area (Å²) in [7, 11) is 0. The standard InChI is InChI=1S/C12H18N4OS/c1-8-9(2)15-16(4-5-17)12(8)14-7-11-6-13-10(3)18-11/h6,14,17H,4-5,7H2,1-3H3. The van der Waals surface area contributed by atoms with E-state index in [-0.39, 0.29) is 6.61 Å². The van der Waals surface area contributed by atoms with E-state index in [1.165, 1.54) is 4.88 Å². The SMILES string of the molecule is Cc1ncc(CNc2c(C)c(C)nn2CCO)s1. The first kappa shape index (κ1) is 13.0. The maximum Gasteiger partial charge on any atom is 0.127 e. The van der Waals surface area contributed by atoms with E-state index in [1.807, 2.05) is 31.6 Å². The fourth-order valence-corrected chi connectivity index (χ4v) is 2.54. The lowest BCUT2D eigenvalue weighted by Gasteiger charge is -2.08. The van der Waals surface area contributed by atoms with Gasteiger partial charge >= 0.3 is 0 Å². The van der Waals surface area contributed by atoms with Gasteiger partial charge in [-0.15, -0.1) is 11.3 Å². The van der Waals surface area contributed by atoms with Gasteiger partial charge in [0.25, 0.3) is 0 Å². The van der Waals surface area contributed by atoms with Gasteiger partial charge in [0.05, 0.1) is 30.4 Å². The summed E-state index contributed by atoms with van der Waals surface area (Å²) in [6.07, 6.45) is 1.89. The van der Waals surface area contributed by atoms with E-state index in [2.05, 4.69) is 15.4 Å². The number of nitrogens with zero attached hydrogens (tertiary/aromatic N) is 3. The van der Waals surface area contributed by atoms with Gasteiger partial charge in [-0.2, -0.15) is 5.10 Å². The molecule has 5 nitrogen and oxygen atoms in total. The Bertz CT molecular complexity index is 532. The van der Waals surface area contributed by atoms with Crippen LogP contribution in [0.3, 0.4) is 0 Å². The average molecular weight is 266 g/mol. The lowest BCUT2D eigenvalue weighted by molar-refractivity contribution is 0.270. The Kier molecular flexibility index (Phi) is 3.98. The molecule has 0 radical (unpaired) electrons. The predicted octanol–water partition coefficient (Wildman–Crippen LogP) is 1.87. The van der Waals surface area contributed by atoms with Crippen LogP contribution in [-0.4, -0.2) is 26.5 Å². The second-order valence-corrected chi connectivity index (χ2v) is 5.52. The summed E-state index contributed by atoms with van der Waals surface area (Å²) in [6, 6.07) is 0. The maximum atomic E-state index is 9.04. The topological polar surface area (TPSA) is 63.0 Å². The average Bonchev–Trinajstić information content (AvgIpc) is 2.84. The highest BCUT2D eigenvalue weighted by Crippen LogP contribution is 2.20. The molecule has 2 heterocycles. The predicted molar refractivity (Wildman–Crippen MR) is 73.0 cm³/mol. The summed E-state index contributed by atoms with van der Waals surface area (Å²) in [6.45, 7) is 7.36. The molecule has 0 spiro atoms. The number of aryl methyl sites for hydroxylation is 2. The van der Waals surface area contributed by atoms with Crippen molar-refractivity contribution in [2.24, 2.45) is 0 Å². The second-order valence-electron chi connectivity index (χ2n) is 4.20. The van der Waals surface area contributed by atoms with E-state index in [0.29, 0.717) is 6.54 Å². The van der Waals surface area contributed by atoms with E-state index < -0.39 is 0 Å². The summed E-state index contributed by atoms with van der Waals surface area (Å²) in [5.41, 5.74) is 2.12. The number of thiazole rings is 1. The zero-order valence-corrected chi connectivity index (χ0v) is 11.7. The molecule has 0 unspecified atom stereocenters. The normalized spacial score (nSPS) is 10.9. The van der Waals surface area contributed by atoms with Crippen LogP contribution in [0, 0.1) is 20.8 Å². The molecule has 98 valence electrons. The molecule has 18 heavy (non-hydrogen) atoms. The van der Waals surface area contributed by atoms with Gasteiger partial charge in [0.15, 0.2) is 0 Å². The van der Waals surface area contributed by atoms with Gasteiger partial charge < -0.3 is 10.4 Å². The first-order chi connectivity index (χ1) is 8.61. The third kappa shape index (κ3) is 2.70. The molecule has 0 aliphatic carbocycles. The number of aliphatic hydroxyl groups excluding tert-OH is 1. The Morgan fingerprint density at radius 3 is 2.78 bits per heavy atom. The Balaban J connectivity index is 2.12. The molecular formula is C12H18N4OS. The molecule has 2 N–H and O–H groups in total. The third-order valence-electron chi connectivity index (χ3n) is 2.84. The van der Waals surface area contributed by atoms with Crippen LogP contribution in [0.4, 0.5) is 5.82 Å². The second kappa shape index (κ2) is 5.49. The summed E-state index contributed by atoms with van der Waals surface area (Å²) >= 11 is 1.69. The van der Waals surface area contributed by atoms with Crippen molar-refractivity contribution in [3.63, 3.8) is 0 Å². The highest BCUT2D eigenvalue weighted by molar-refractivity contribution is 7.11. The van der Waals surface area contributed by atoms with Gasteiger partial charge in [-0.05, 0) is 20.8 Å². The van der Waals surface area contributed by atoms with Gasteiger partial charge in [0.1, 0.15) is 5.82 Å². The van der Waals surface area contributed by atoms with Crippen LogP contribution < -0.4 is 5.32 Å². The van der Waals surface area contributed by atoms with Crippen LogP contribution in [0.25, 0.3) is 0 Å². The van der Waals surface area contributed by atoms with Crippen LogP contribution in [0.15, 0.2) is 6.20 Å². The molecule has 0 amide bonds. The largest absolute Gasteiger partial charge is 0.394 e. The van der Waals surface area contributed by atoms with Crippen molar-refractivity contribution in [2.45, 2.75) is 33.9 Å². The third-order valence-corrected chi connectivity index (χ3v) is 3.75. The molecule has 0 saturated carbocycles. The first-order valence-corrected chi connectivity index (χ1v) is 6.73. The lowest BCUT2D eigenvalue weighted by atomic mass is 10.3. The molecule has 0 bridgehead atoms. The van der Waals surface area contributed by atoms with E-state index in [1.54, 1.807) is 11.3 Å². The van der Waals surface area contributed by atoms with Crippen molar-refractivity contribution >= 4 is 17.2 Å². The zero-order chi connectivity index (χ0) is 13.1. The zero-order valence-electron chi connectivity index (χ0n) is 10.9. The van der Waals surface area contributed by atoms with Crippen molar-refractivity contribution < 1.29 is 5.11 Å². The number of hydrogen-bond donors (Lipinski definition) is 2. The van der Waals surface area contributed by atoms with E-state index in [4.69, 9.17) is 5.11 Å². The summed E-state index contributed by atoms with van der Waals surface area (Å²) in [4.78, 5) is 5.43. The number of hydrogen-bond acceptors (Lipinski definition) is 5. The fourth-order valence-electron chi connectivity index (χ4n) is 1.81. The molecule has 6 heteroatoms. The molecule has 0 atom stereocenters. The number of anilines is 1. The van der Waals surface area contributed by atoms with Crippen molar-refractivity contribution in [3.05, 3.63) is 27.3 Å². The number of aromatic nitrogens is 3. The molecule has 0 fully saturated rings. The monoisotopic (exact) mass is 266 g/mol. The molecule has 0 aromatic carbocycles. The fraction of sp³-hybridized carbons (Fsp3) is 0.500. The molecular weight excluding hydrogens is 248 g/mol. The Labute approximate surface area is 110 Å². The van der Waals surface area contributed by atoms with Crippen molar-refractivity contribution in [1.29, 1.82) is 0 Å². The van der Waals surface area contributed by atoms with Gasteiger partial charge in [0.2, 0.25) is 0 Å². The van der Waals surface area contributed by atoms with Crippen LogP contribution in [0.1, 0.15) is 21.1 Å². The van der Waals surface area contributed by atoms with Crippen molar-refractivity contribution in [3.8, 4) is 0 Å².